The SMILES string of the molecule is CCc1cc(C)cc(/N=c2/nc(C)cc(C)n2N)c1S(=O)(=O)O. The summed E-state index contributed by atoms with van der Waals surface area (Å²) in [5.41, 5.74) is 3.06. The zero-order valence-electron chi connectivity index (χ0n) is 13.5. The number of aryl methyl sites for hydroxylation is 4. The Morgan fingerprint density at radius 2 is 1.91 bits per heavy atom. The highest BCUT2D eigenvalue weighted by Gasteiger charge is 2.20. The Balaban J connectivity index is 2.90. The molecule has 1 aromatic heterocycles. The lowest BCUT2D eigenvalue weighted by Gasteiger charge is -2.11. The van der Waals surface area contributed by atoms with Crippen LogP contribution in [0, 0.1) is 20.8 Å². The van der Waals surface area contributed by atoms with Crippen LogP contribution in [0.25, 0.3) is 0 Å². The van der Waals surface area contributed by atoms with Gasteiger partial charge < -0.3 is 5.84 Å². The lowest BCUT2D eigenvalue weighted by Crippen LogP contribution is -2.32. The summed E-state index contributed by atoms with van der Waals surface area (Å²) in [7, 11) is -4.42. The van der Waals surface area contributed by atoms with Gasteiger partial charge in [0, 0.05) is 11.4 Å². The van der Waals surface area contributed by atoms with E-state index in [1.54, 1.807) is 32.0 Å². The van der Waals surface area contributed by atoms with Gasteiger partial charge in [-0.15, -0.1) is 0 Å². The fourth-order valence-corrected chi connectivity index (χ4v) is 3.33. The smallest absolute Gasteiger partial charge is 0.296 e. The van der Waals surface area contributed by atoms with Crippen LogP contribution in [0.15, 0.2) is 28.1 Å². The van der Waals surface area contributed by atoms with Crippen molar-refractivity contribution < 1.29 is 13.0 Å². The first-order chi connectivity index (χ1) is 10.6. The van der Waals surface area contributed by atoms with Crippen LogP contribution < -0.4 is 11.5 Å². The van der Waals surface area contributed by atoms with Crippen LogP contribution in [0.5, 0.6) is 0 Å². The Morgan fingerprint density at radius 1 is 1.26 bits per heavy atom. The molecule has 0 radical (unpaired) electrons. The van der Waals surface area contributed by atoms with Gasteiger partial charge in [-0.1, -0.05) is 13.0 Å². The normalized spacial score (nSPS) is 12.7. The molecule has 0 aliphatic rings. The van der Waals surface area contributed by atoms with E-state index in [0.29, 0.717) is 17.7 Å². The van der Waals surface area contributed by atoms with Gasteiger partial charge in [0.1, 0.15) is 4.90 Å². The van der Waals surface area contributed by atoms with Crippen molar-refractivity contribution in [3.63, 3.8) is 0 Å². The molecule has 0 amide bonds. The van der Waals surface area contributed by atoms with E-state index in [9.17, 15) is 13.0 Å². The zero-order chi connectivity index (χ0) is 17.4. The number of nitrogens with two attached hydrogens (primary N) is 1. The maximum absolute atomic E-state index is 11.8. The monoisotopic (exact) mass is 336 g/mol. The first kappa shape index (κ1) is 17.2. The summed E-state index contributed by atoms with van der Waals surface area (Å²) < 4.78 is 34.4. The Bertz CT molecular complexity index is 930. The van der Waals surface area contributed by atoms with Gasteiger partial charge in [0.2, 0.25) is 5.62 Å². The fraction of sp³-hybridized carbons (Fsp3) is 0.333. The van der Waals surface area contributed by atoms with Crippen LogP contribution >= 0.6 is 0 Å². The molecule has 0 bridgehead atoms. The molecule has 2 aromatic rings. The summed E-state index contributed by atoms with van der Waals surface area (Å²) >= 11 is 0. The molecule has 0 aliphatic heterocycles. The summed E-state index contributed by atoms with van der Waals surface area (Å²) in [5, 5.41) is 0. The second-order valence-corrected chi connectivity index (χ2v) is 6.78. The van der Waals surface area contributed by atoms with E-state index in [0.717, 1.165) is 11.3 Å². The third-order valence-corrected chi connectivity index (χ3v) is 4.43. The molecule has 0 aliphatic carbocycles. The van der Waals surface area contributed by atoms with E-state index < -0.39 is 10.1 Å². The van der Waals surface area contributed by atoms with Crippen molar-refractivity contribution >= 4 is 15.8 Å². The number of nitrogens with zero attached hydrogens (tertiary/aromatic N) is 3. The molecule has 1 heterocycles. The van der Waals surface area contributed by atoms with Crippen LogP contribution in [0.3, 0.4) is 0 Å². The van der Waals surface area contributed by atoms with Crippen molar-refractivity contribution in [3.05, 3.63) is 46.3 Å². The molecule has 124 valence electrons. The summed E-state index contributed by atoms with van der Waals surface area (Å²) in [6.07, 6.45) is 0.447. The Hall–Kier alpha value is -2.19. The summed E-state index contributed by atoms with van der Waals surface area (Å²) in [4.78, 5) is 8.32. The number of aromatic nitrogens is 2. The predicted octanol–water partition coefficient (Wildman–Crippen LogP) is 1.56. The van der Waals surface area contributed by atoms with Gasteiger partial charge in [0.25, 0.3) is 10.1 Å². The molecule has 2 rings (SSSR count). The van der Waals surface area contributed by atoms with Gasteiger partial charge in [-0.2, -0.15) is 8.42 Å². The average molecular weight is 336 g/mol. The minimum atomic E-state index is -4.42. The standard InChI is InChI=1S/C15H20N4O3S/c1-5-12-6-9(2)7-13(14(12)23(20,21)22)18-15-17-10(3)8-11(4)19(15)16/h6-8H,5,16H2,1-4H3,(H,20,21,22)/b18-15-. The number of hydrogen-bond acceptors (Lipinski definition) is 5. The van der Waals surface area contributed by atoms with E-state index in [4.69, 9.17) is 5.84 Å². The van der Waals surface area contributed by atoms with Crippen LogP contribution in [0.2, 0.25) is 0 Å². The molecule has 0 unspecified atom stereocenters. The van der Waals surface area contributed by atoms with Crippen molar-refractivity contribution in [1.82, 2.24) is 9.66 Å². The molecular weight excluding hydrogens is 316 g/mol. The van der Waals surface area contributed by atoms with E-state index in [1.807, 2.05) is 13.8 Å². The predicted molar refractivity (Wildman–Crippen MR) is 87.4 cm³/mol. The zero-order valence-corrected chi connectivity index (χ0v) is 14.3. The molecule has 0 fully saturated rings. The highest BCUT2D eigenvalue weighted by molar-refractivity contribution is 7.86. The van der Waals surface area contributed by atoms with Crippen molar-refractivity contribution in [2.75, 3.05) is 5.84 Å². The topological polar surface area (TPSA) is 111 Å². The molecule has 1 aromatic carbocycles. The average Bonchev–Trinajstić information content (AvgIpc) is 2.42. The lowest BCUT2D eigenvalue weighted by molar-refractivity contribution is 0.482. The molecule has 8 heteroatoms. The van der Waals surface area contributed by atoms with Crippen molar-refractivity contribution in [2.45, 2.75) is 39.0 Å². The maximum Gasteiger partial charge on any atom is 0.296 e. The maximum atomic E-state index is 11.8. The molecular formula is C15H20N4O3S. The minimum Gasteiger partial charge on any atom is -0.336 e. The summed E-state index contributed by atoms with van der Waals surface area (Å²) in [6, 6.07) is 5.09. The van der Waals surface area contributed by atoms with Crippen LogP contribution in [0.4, 0.5) is 5.69 Å². The Morgan fingerprint density at radius 3 is 2.48 bits per heavy atom. The van der Waals surface area contributed by atoms with Gasteiger partial charge in [-0.3, -0.25) is 4.55 Å². The van der Waals surface area contributed by atoms with Crippen LogP contribution in [-0.2, 0) is 16.5 Å². The first-order valence-electron chi connectivity index (χ1n) is 7.11. The first-order valence-corrected chi connectivity index (χ1v) is 8.55. The van der Waals surface area contributed by atoms with Crippen molar-refractivity contribution in [3.8, 4) is 0 Å². The third kappa shape index (κ3) is 3.59. The van der Waals surface area contributed by atoms with Gasteiger partial charge in [-0.05, 0) is 50.5 Å². The lowest BCUT2D eigenvalue weighted by atomic mass is 10.1. The third-order valence-electron chi connectivity index (χ3n) is 3.44. The van der Waals surface area contributed by atoms with Crippen LogP contribution in [-0.4, -0.2) is 22.6 Å². The van der Waals surface area contributed by atoms with Crippen LogP contribution in [0.1, 0.15) is 29.4 Å². The molecule has 7 nitrogen and oxygen atoms in total. The minimum absolute atomic E-state index is 0.126. The molecule has 0 spiro atoms. The van der Waals surface area contributed by atoms with Gasteiger partial charge >= 0.3 is 0 Å². The highest BCUT2D eigenvalue weighted by atomic mass is 32.2. The highest BCUT2D eigenvalue weighted by Crippen LogP contribution is 2.29. The number of benzene rings is 1. The quantitative estimate of drug-likeness (QED) is 0.653. The van der Waals surface area contributed by atoms with E-state index in [1.165, 1.54) is 4.68 Å². The molecule has 0 saturated carbocycles. The van der Waals surface area contributed by atoms with Gasteiger partial charge in [0.15, 0.2) is 0 Å². The van der Waals surface area contributed by atoms with Gasteiger partial charge in [-0.25, -0.2) is 14.7 Å². The number of nitrogen functional groups attached to an aromatic ring is 1. The molecule has 0 saturated heterocycles. The molecule has 23 heavy (non-hydrogen) atoms. The summed E-state index contributed by atoms with van der Waals surface area (Å²) in [6.45, 7) is 7.23. The van der Waals surface area contributed by atoms with E-state index in [-0.39, 0.29) is 16.2 Å². The van der Waals surface area contributed by atoms with Gasteiger partial charge in [0.05, 0.1) is 5.69 Å². The second kappa shape index (κ2) is 6.13. The van der Waals surface area contributed by atoms with E-state index in [2.05, 4.69) is 9.98 Å². The molecule has 0 atom stereocenters. The molecule has 3 N–H and O–H groups in total. The number of hydrogen-bond donors (Lipinski definition) is 2. The Labute approximate surface area is 135 Å². The Kier molecular flexibility index (Phi) is 4.58. The number of rotatable bonds is 3. The fourth-order valence-electron chi connectivity index (χ4n) is 2.43. The van der Waals surface area contributed by atoms with E-state index >= 15 is 0 Å². The second-order valence-electron chi connectivity index (χ2n) is 5.42. The van der Waals surface area contributed by atoms with Crippen molar-refractivity contribution in [1.29, 1.82) is 0 Å². The largest absolute Gasteiger partial charge is 0.336 e. The van der Waals surface area contributed by atoms with Crippen molar-refractivity contribution in [2.24, 2.45) is 4.99 Å². The summed E-state index contributed by atoms with van der Waals surface area (Å²) in [5.74, 6) is 5.92.